The number of carbonyl (C=O) groups is 1. The molecule has 19 heavy (non-hydrogen) atoms. The smallest absolute Gasteiger partial charge is 0.221 e. The second-order valence-corrected chi connectivity index (χ2v) is 4.12. The first kappa shape index (κ1) is 13.3. The first-order valence-electron chi connectivity index (χ1n) is 6.20. The molecule has 0 bridgehead atoms. The lowest BCUT2D eigenvalue weighted by atomic mass is 10.1. The van der Waals surface area contributed by atoms with E-state index in [9.17, 15) is 4.79 Å². The molecule has 1 aromatic heterocycles. The van der Waals surface area contributed by atoms with Crippen LogP contribution in [0.5, 0.6) is 0 Å². The van der Waals surface area contributed by atoms with E-state index < -0.39 is 0 Å². The van der Waals surface area contributed by atoms with Crippen LogP contribution in [0, 0.1) is 0 Å². The molecular weight excluding hydrogens is 242 g/mol. The van der Waals surface area contributed by atoms with Gasteiger partial charge in [-0.1, -0.05) is 30.3 Å². The van der Waals surface area contributed by atoms with Gasteiger partial charge < -0.3 is 15.1 Å². The van der Waals surface area contributed by atoms with E-state index in [2.05, 4.69) is 15.6 Å². The van der Waals surface area contributed by atoms with E-state index in [1.54, 1.807) is 0 Å². The number of oxazole rings is 1. The molecule has 5 heteroatoms. The standard InChI is InChI=1S/C14H17N3O2/c1-15-8-7-13(18)16-9-12-14(19-10-17-12)11-5-3-2-4-6-11/h2-6,10,15H,7-9H2,1H3,(H,16,18). The third-order valence-corrected chi connectivity index (χ3v) is 2.73. The Hall–Kier alpha value is -2.14. The Morgan fingerprint density at radius 2 is 2.11 bits per heavy atom. The summed E-state index contributed by atoms with van der Waals surface area (Å²) >= 11 is 0. The van der Waals surface area contributed by atoms with Gasteiger partial charge in [0.15, 0.2) is 12.2 Å². The van der Waals surface area contributed by atoms with Crippen molar-refractivity contribution in [1.82, 2.24) is 15.6 Å². The minimum Gasteiger partial charge on any atom is -0.443 e. The van der Waals surface area contributed by atoms with Crippen LogP contribution in [0.1, 0.15) is 12.1 Å². The minimum atomic E-state index is -0.00337. The second-order valence-electron chi connectivity index (χ2n) is 4.12. The van der Waals surface area contributed by atoms with Crippen molar-refractivity contribution in [2.24, 2.45) is 0 Å². The van der Waals surface area contributed by atoms with Crippen molar-refractivity contribution in [2.75, 3.05) is 13.6 Å². The summed E-state index contributed by atoms with van der Waals surface area (Å²) in [5.74, 6) is 0.700. The Morgan fingerprint density at radius 3 is 2.84 bits per heavy atom. The van der Waals surface area contributed by atoms with Gasteiger partial charge in [0.05, 0.1) is 6.54 Å². The van der Waals surface area contributed by atoms with Crippen LogP contribution >= 0.6 is 0 Å². The third kappa shape index (κ3) is 3.66. The fourth-order valence-corrected chi connectivity index (χ4v) is 1.73. The summed E-state index contributed by atoms with van der Waals surface area (Å²) in [6.45, 7) is 1.04. The molecule has 0 saturated carbocycles. The average molecular weight is 259 g/mol. The molecule has 1 amide bonds. The lowest BCUT2D eigenvalue weighted by Gasteiger charge is -2.04. The normalized spacial score (nSPS) is 10.4. The molecule has 1 heterocycles. The number of nitrogens with zero attached hydrogens (tertiary/aromatic N) is 1. The van der Waals surface area contributed by atoms with E-state index in [4.69, 9.17) is 4.42 Å². The Balaban J connectivity index is 1.99. The number of hydrogen-bond acceptors (Lipinski definition) is 4. The van der Waals surface area contributed by atoms with E-state index >= 15 is 0 Å². The highest BCUT2D eigenvalue weighted by atomic mass is 16.3. The first-order valence-corrected chi connectivity index (χ1v) is 6.20. The summed E-state index contributed by atoms with van der Waals surface area (Å²) in [7, 11) is 1.82. The van der Waals surface area contributed by atoms with E-state index in [1.165, 1.54) is 6.39 Å². The Morgan fingerprint density at radius 1 is 1.32 bits per heavy atom. The molecule has 2 rings (SSSR count). The summed E-state index contributed by atoms with van der Waals surface area (Å²) in [6, 6.07) is 9.72. The fourth-order valence-electron chi connectivity index (χ4n) is 1.73. The first-order chi connectivity index (χ1) is 9.31. The topological polar surface area (TPSA) is 67.2 Å². The predicted molar refractivity (Wildman–Crippen MR) is 72.3 cm³/mol. The zero-order chi connectivity index (χ0) is 13.5. The number of rotatable bonds is 6. The molecule has 0 aliphatic rings. The molecule has 2 aromatic rings. The summed E-state index contributed by atoms with van der Waals surface area (Å²) in [5, 5.41) is 5.76. The van der Waals surface area contributed by atoms with Crippen LogP contribution < -0.4 is 10.6 Å². The van der Waals surface area contributed by atoms with Gasteiger partial charge in [-0.3, -0.25) is 4.79 Å². The third-order valence-electron chi connectivity index (χ3n) is 2.73. The number of carbonyl (C=O) groups excluding carboxylic acids is 1. The molecular formula is C14H17N3O2. The van der Waals surface area contributed by atoms with Gasteiger partial charge in [-0.05, 0) is 7.05 Å². The van der Waals surface area contributed by atoms with Crippen molar-refractivity contribution in [3.8, 4) is 11.3 Å². The van der Waals surface area contributed by atoms with Crippen molar-refractivity contribution in [1.29, 1.82) is 0 Å². The van der Waals surface area contributed by atoms with Crippen molar-refractivity contribution >= 4 is 5.91 Å². The van der Waals surface area contributed by atoms with Crippen molar-refractivity contribution in [3.63, 3.8) is 0 Å². The summed E-state index contributed by atoms with van der Waals surface area (Å²) in [5.41, 5.74) is 1.70. The lowest BCUT2D eigenvalue weighted by molar-refractivity contribution is -0.121. The molecule has 0 atom stereocenters. The van der Waals surface area contributed by atoms with Gasteiger partial charge >= 0.3 is 0 Å². The molecule has 5 nitrogen and oxygen atoms in total. The largest absolute Gasteiger partial charge is 0.443 e. The molecule has 1 aromatic carbocycles. The number of nitrogens with one attached hydrogen (secondary N) is 2. The van der Waals surface area contributed by atoms with Gasteiger partial charge in [0, 0.05) is 18.5 Å². The van der Waals surface area contributed by atoms with E-state index in [0.29, 0.717) is 25.3 Å². The van der Waals surface area contributed by atoms with E-state index in [-0.39, 0.29) is 5.91 Å². The fraction of sp³-hybridized carbons (Fsp3) is 0.286. The van der Waals surface area contributed by atoms with Gasteiger partial charge in [-0.2, -0.15) is 0 Å². The highest BCUT2D eigenvalue weighted by Crippen LogP contribution is 2.22. The van der Waals surface area contributed by atoms with Gasteiger partial charge in [-0.15, -0.1) is 0 Å². The number of hydrogen-bond donors (Lipinski definition) is 2. The molecule has 100 valence electrons. The van der Waals surface area contributed by atoms with Gasteiger partial charge in [0.2, 0.25) is 5.91 Å². The Labute approximate surface area is 112 Å². The van der Waals surface area contributed by atoms with Crippen LogP contribution in [0.25, 0.3) is 11.3 Å². The van der Waals surface area contributed by atoms with Crippen molar-refractivity contribution in [2.45, 2.75) is 13.0 Å². The van der Waals surface area contributed by atoms with Gasteiger partial charge in [-0.25, -0.2) is 4.98 Å². The minimum absolute atomic E-state index is 0.00337. The maximum Gasteiger partial charge on any atom is 0.221 e. The predicted octanol–water partition coefficient (Wildman–Crippen LogP) is 1.57. The highest BCUT2D eigenvalue weighted by Gasteiger charge is 2.11. The van der Waals surface area contributed by atoms with Crippen LogP contribution in [0.15, 0.2) is 41.1 Å². The maximum atomic E-state index is 11.5. The van der Waals surface area contributed by atoms with Crippen LogP contribution in [0.2, 0.25) is 0 Å². The van der Waals surface area contributed by atoms with Crippen molar-refractivity contribution < 1.29 is 9.21 Å². The Kier molecular flexibility index (Phi) is 4.69. The van der Waals surface area contributed by atoms with Gasteiger partial charge in [0.1, 0.15) is 5.69 Å². The number of benzene rings is 1. The summed E-state index contributed by atoms with van der Waals surface area (Å²) in [4.78, 5) is 15.7. The second kappa shape index (κ2) is 6.70. The summed E-state index contributed by atoms with van der Waals surface area (Å²) < 4.78 is 5.39. The summed E-state index contributed by atoms with van der Waals surface area (Å²) in [6.07, 6.45) is 1.85. The monoisotopic (exact) mass is 259 g/mol. The van der Waals surface area contributed by atoms with Crippen molar-refractivity contribution in [3.05, 3.63) is 42.4 Å². The highest BCUT2D eigenvalue weighted by molar-refractivity contribution is 5.76. The molecule has 0 aliphatic carbocycles. The average Bonchev–Trinajstić information content (AvgIpc) is 2.92. The lowest BCUT2D eigenvalue weighted by Crippen LogP contribution is -2.26. The molecule has 2 N–H and O–H groups in total. The molecule has 0 aliphatic heterocycles. The molecule has 0 unspecified atom stereocenters. The van der Waals surface area contributed by atoms with Crippen LogP contribution in [-0.2, 0) is 11.3 Å². The van der Waals surface area contributed by atoms with Crippen LogP contribution in [0.4, 0.5) is 0 Å². The zero-order valence-corrected chi connectivity index (χ0v) is 10.8. The number of amides is 1. The quantitative estimate of drug-likeness (QED) is 0.826. The zero-order valence-electron chi connectivity index (χ0n) is 10.8. The SMILES string of the molecule is CNCCC(=O)NCc1ncoc1-c1ccccc1. The molecule has 0 radical (unpaired) electrons. The molecule has 0 saturated heterocycles. The van der Waals surface area contributed by atoms with E-state index in [0.717, 1.165) is 11.3 Å². The maximum absolute atomic E-state index is 11.5. The molecule has 0 spiro atoms. The van der Waals surface area contributed by atoms with Crippen LogP contribution in [0.3, 0.4) is 0 Å². The Bertz CT molecular complexity index is 522. The number of aromatic nitrogens is 1. The van der Waals surface area contributed by atoms with E-state index in [1.807, 2.05) is 37.4 Å². The molecule has 0 fully saturated rings. The van der Waals surface area contributed by atoms with Crippen LogP contribution in [-0.4, -0.2) is 24.5 Å². The van der Waals surface area contributed by atoms with Gasteiger partial charge in [0.25, 0.3) is 0 Å².